The summed E-state index contributed by atoms with van der Waals surface area (Å²) < 4.78 is 0. The molecule has 1 aliphatic rings. The van der Waals surface area contributed by atoms with Crippen molar-refractivity contribution < 1.29 is 9.90 Å². The van der Waals surface area contributed by atoms with Crippen LogP contribution in [0.1, 0.15) is 21.7 Å². The molecular weight excluding hydrogens is 218 g/mol. The Morgan fingerprint density at radius 1 is 1.53 bits per heavy atom. The van der Waals surface area contributed by atoms with Gasteiger partial charge in [0.25, 0.3) is 0 Å². The number of nitrogens with zero attached hydrogens (tertiary/aromatic N) is 3. The molecule has 92 valence electrons. The Bertz CT molecular complexity index is 457. The van der Waals surface area contributed by atoms with Crippen molar-refractivity contribution in [2.24, 2.45) is 0 Å². The van der Waals surface area contributed by atoms with Crippen LogP contribution < -0.4 is 4.90 Å². The molecular formula is C12H17N3O2. The SMILES string of the molecule is CN1CCc2c(N(C)C)cc(C(=O)O)nc2C1. The summed E-state index contributed by atoms with van der Waals surface area (Å²) >= 11 is 0. The summed E-state index contributed by atoms with van der Waals surface area (Å²) in [7, 11) is 5.88. The van der Waals surface area contributed by atoms with Crippen molar-refractivity contribution in [1.82, 2.24) is 9.88 Å². The van der Waals surface area contributed by atoms with E-state index in [1.165, 1.54) is 5.56 Å². The van der Waals surface area contributed by atoms with Gasteiger partial charge in [-0.15, -0.1) is 0 Å². The molecule has 1 aliphatic heterocycles. The Labute approximate surface area is 101 Å². The molecule has 1 aromatic heterocycles. The van der Waals surface area contributed by atoms with Gasteiger partial charge in [0, 0.05) is 32.9 Å². The smallest absolute Gasteiger partial charge is 0.354 e. The number of hydrogen-bond donors (Lipinski definition) is 1. The molecule has 5 heteroatoms. The summed E-state index contributed by atoms with van der Waals surface area (Å²) in [6.45, 7) is 1.71. The molecule has 0 saturated carbocycles. The molecule has 17 heavy (non-hydrogen) atoms. The van der Waals surface area contributed by atoms with E-state index in [0.29, 0.717) is 0 Å². The maximum Gasteiger partial charge on any atom is 0.354 e. The van der Waals surface area contributed by atoms with E-state index < -0.39 is 5.97 Å². The van der Waals surface area contributed by atoms with E-state index in [-0.39, 0.29) is 5.69 Å². The summed E-state index contributed by atoms with van der Waals surface area (Å²) in [5.41, 5.74) is 3.17. The van der Waals surface area contributed by atoms with Gasteiger partial charge >= 0.3 is 5.97 Å². The number of carboxylic acid groups (broad SMARTS) is 1. The van der Waals surface area contributed by atoms with Gasteiger partial charge in [0.1, 0.15) is 0 Å². The van der Waals surface area contributed by atoms with E-state index in [1.807, 2.05) is 26.0 Å². The zero-order valence-electron chi connectivity index (χ0n) is 10.4. The first-order valence-corrected chi connectivity index (χ1v) is 5.61. The third-order valence-corrected chi connectivity index (χ3v) is 3.05. The summed E-state index contributed by atoms with van der Waals surface area (Å²) in [4.78, 5) is 19.4. The second kappa shape index (κ2) is 4.33. The maximum absolute atomic E-state index is 11.0. The number of carbonyl (C=O) groups is 1. The quantitative estimate of drug-likeness (QED) is 0.823. The van der Waals surface area contributed by atoms with Gasteiger partial charge in [0.05, 0.1) is 5.69 Å². The highest BCUT2D eigenvalue weighted by Gasteiger charge is 2.21. The molecule has 0 spiro atoms. The van der Waals surface area contributed by atoms with Gasteiger partial charge in [-0.1, -0.05) is 0 Å². The van der Waals surface area contributed by atoms with Gasteiger partial charge in [-0.25, -0.2) is 9.78 Å². The van der Waals surface area contributed by atoms with Crippen LogP contribution in [0.15, 0.2) is 6.07 Å². The molecule has 0 saturated heterocycles. The minimum Gasteiger partial charge on any atom is -0.477 e. The lowest BCUT2D eigenvalue weighted by Gasteiger charge is -2.28. The van der Waals surface area contributed by atoms with Gasteiger partial charge in [0.2, 0.25) is 0 Å². The summed E-state index contributed by atoms with van der Waals surface area (Å²) in [5, 5.41) is 9.06. The van der Waals surface area contributed by atoms with Crippen LogP contribution in [-0.4, -0.2) is 48.6 Å². The van der Waals surface area contributed by atoms with Crippen LogP contribution in [0.4, 0.5) is 5.69 Å². The van der Waals surface area contributed by atoms with Crippen LogP contribution in [0.5, 0.6) is 0 Å². The highest BCUT2D eigenvalue weighted by Crippen LogP contribution is 2.27. The van der Waals surface area contributed by atoms with E-state index in [2.05, 4.69) is 9.88 Å². The molecule has 0 aliphatic carbocycles. The van der Waals surface area contributed by atoms with Crippen molar-refractivity contribution in [3.8, 4) is 0 Å². The Hall–Kier alpha value is -1.62. The highest BCUT2D eigenvalue weighted by molar-refractivity contribution is 5.87. The van der Waals surface area contributed by atoms with E-state index in [4.69, 9.17) is 5.11 Å². The lowest BCUT2D eigenvalue weighted by Crippen LogP contribution is -2.30. The van der Waals surface area contributed by atoms with Gasteiger partial charge in [0.15, 0.2) is 5.69 Å². The van der Waals surface area contributed by atoms with Crippen LogP contribution >= 0.6 is 0 Å². The van der Waals surface area contributed by atoms with Gasteiger partial charge in [-0.05, 0) is 25.1 Å². The lowest BCUT2D eigenvalue weighted by atomic mass is 10.0. The van der Waals surface area contributed by atoms with Crippen molar-refractivity contribution >= 4 is 11.7 Å². The zero-order valence-corrected chi connectivity index (χ0v) is 10.4. The summed E-state index contributed by atoms with van der Waals surface area (Å²) in [6.07, 6.45) is 0.923. The van der Waals surface area contributed by atoms with Crippen molar-refractivity contribution in [2.45, 2.75) is 13.0 Å². The number of likely N-dealkylation sites (N-methyl/N-ethyl adjacent to an activating group) is 1. The van der Waals surface area contributed by atoms with E-state index >= 15 is 0 Å². The number of rotatable bonds is 2. The molecule has 1 aromatic rings. The minimum absolute atomic E-state index is 0.128. The van der Waals surface area contributed by atoms with Crippen LogP contribution in [0.25, 0.3) is 0 Å². The second-order valence-corrected chi connectivity index (χ2v) is 4.64. The molecule has 1 N–H and O–H groups in total. The number of anilines is 1. The number of aromatic carboxylic acids is 1. The summed E-state index contributed by atoms with van der Waals surface area (Å²) in [6, 6.07) is 1.66. The first-order chi connectivity index (χ1) is 7.99. The van der Waals surface area contributed by atoms with Crippen LogP contribution in [0, 0.1) is 0 Å². The molecule has 0 atom stereocenters. The van der Waals surface area contributed by atoms with E-state index in [1.54, 1.807) is 6.07 Å². The van der Waals surface area contributed by atoms with Crippen molar-refractivity contribution in [2.75, 3.05) is 32.6 Å². The molecule has 2 heterocycles. The number of pyridine rings is 1. The average molecular weight is 235 g/mol. The van der Waals surface area contributed by atoms with Gasteiger partial charge < -0.3 is 14.9 Å². The Morgan fingerprint density at radius 2 is 2.24 bits per heavy atom. The lowest BCUT2D eigenvalue weighted by molar-refractivity contribution is 0.0690. The molecule has 0 unspecified atom stereocenters. The Morgan fingerprint density at radius 3 is 2.82 bits per heavy atom. The van der Waals surface area contributed by atoms with E-state index in [9.17, 15) is 4.79 Å². The molecule has 0 amide bonds. The minimum atomic E-state index is -0.968. The molecule has 0 bridgehead atoms. The largest absolute Gasteiger partial charge is 0.477 e. The fourth-order valence-electron chi connectivity index (χ4n) is 2.16. The van der Waals surface area contributed by atoms with Crippen molar-refractivity contribution in [1.29, 1.82) is 0 Å². The Balaban J connectivity index is 2.55. The first-order valence-electron chi connectivity index (χ1n) is 5.61. The first kappa shape index (κ1) is 11.9. The van der Waals surface area contributed by atoms with Crippen LogP contribution in [0.3, 0.4) is 0 Å². The number of hydrogen-bond acceptors (Lipinski definition) is 4. The third-order valence-electron chi connectivity index (χ3n) is 3.05. The van der Waals surface area contributed by atoms with Gasteiger partial charge in [-0.3, -0.25) is 0 Å². The monoisotopic (exact) mass is 235 g/mol. The maximum atomic E-state index is 11.0. The predicted molar refractivity (Wildman–Crippen MR) is 65.6 cm³/mol. The second-order valence-electron chi connectivity index (χ2n) is 4.64. The molecule has 0 fully saturated rings. The molecule has 5 nitrogen and oxygen atoms in total. The van der Waals surface area contributed by atoms with Gasteiger partial charge in [-0.2, -0.15) is 0 Å². The number of carboxylic acids is 1. The zero-order chi connectivity index (χ0) is 12.6. The topological polar surface area (TPSA) is 56.7 Å². The van der Waals surface area contributed by atoms with Crippen LogP contribution in [0.2, 0.25) is 0 Å². The predicted octanol–water partition coefficient (Wildman–Crippen LogP) is 0.834. The van der Waals surface area contributed by atoms with E-state index in [0.717, 1.165) is 30.9 Å². The Kier molecular flexibility index (Phi) is 3.02. The fraction of sp³-hybridized carbons (Fsp3) is 0.500. The molecule has 0 radical (unpaired) electrons. The molecule has 0 aromatic carbocycles. The number of fused-ring (bicyclic) bond motifs is 1. The standard InChI is InChI=1S/C12H17N3O2/c1-14(2)11-6-9(12(16)17)13-10-7-15(3)5-4-8(10)11/h6H,4-5,7H2,1-3H3,(H,16,17). The van der Waals surface area contributed by atoms with Crippen molar-refractivity contribution in [3.63, 3.8) is 0 Å². The third kappa shape index (κ3) is 2.24. The fourth-order valence-corrected chi connectivity index (χ4v) is 2.16. The normalized spacial score (nSPS) is 15.5. The highest BCUT2D eigenvalue weighted by atomic mass is 16.4. The number of aromatic nitrogens is 1. The summed E-state index contributed by atoms with van der Waals surface area (Å²) in [5.74, 6) is -0.968. The molecule has 2 rings (SSSR count). The van der Waals surface area contributed by atoms with Crippen molar-refractivity contribution in [3.05, 3.63) is 23.0 Å². The van der Waals surface area contributed by atoms with Crippen LogP contribution in [-0.2, 0) is 13.0 Å². The average Bonchev–Trinajstić information content (AvgIpc) is 2.26.